The number of benzene rings is 4. The van der Waals surface area contributed by atoms with Gasteiger partial charge in [-0.05, 0) is 142 Å². The van der Waals surface area contributed by atoms with Crippen LogP contribution in [0.4, 0.5) is 22.7 Å². The number of carbonyl (C=O) groups is 2. The molecule has 338 valence electrons. The fourth-order valence-electron chi connectivity index (χ4n) is 7.06. The maximum absolute atomic E-state index is 11.1. The van der Waals surface area contributed by atoms with Gasteiger partial charge in [-0.15, -0.1) is 0 Å². The number of unbranched alkanes of at least 4 members (excludes halogenated alkanes) is 6. The van der Waals surface area contributed by atoms with Gasteiger partial charge in [-0.25, -0.2) is 19.4 Å². The van der Waals surface area contributed by atoms with Crippen molar-refractivity contribution in [3.05, 3.63) is 133 Å². The minimum absolute atomic E-state index is 0.0711. The van der Waals surface area contributed by atoms with E-state index in [4.69, 9.17) is 38.2 Å². The molecule has 0 aromatic heterocycles. The minimum atomic E-state index is -0.380. The van der Waals surface area contributed by atoms with E-state index in [-0.39, 0.29) is 42.8 Å². The second-order valence-corrected chi connectivity index (χ2v) is 15.4. The van der Waals surface area contributed by atoms with E-state index in [9.17, 15) is 9.59 Å². The summed E-state index contributed by atoms with van der Waals surface area (Å²) in [5.41, 5.74) is 5.05. The molecule has 0 bridgehead atoms. The molecule has 2 fully saturated rings. The number of hydrogen-bond acceptors (Lipinski definition) is 14. The van der Waals surface area contributed by atoms with Crippen molar-refractivity contribution >= 4 is 34.7 Å². The Labute approximate surface area is 375 Å². The first-order valence-electron chi connectivity index (χ1n) is 22.0. The molecular formula is C50H58N4O10. The summed E-state index contributed by atoms with van der Waals surface area (Å²) in [6, 6.07) is 30.8. The molecule has 4 aromatic carbocycles. The SMILES string of the molecule is C=CC(=O)OCCCCCCOc1ccc(N=Nc2ccc(COO[C@H]3CO[C@@H]4[C@H](Cc5ccc(N=Nc6ccc(OCCCCCCOC(=O)C=C)cc6)cc5)CO[C@@H]43)cc2)cc1. The Bertz CT molecular complexity index is 2090. The molecule has 0 saturated carbocycles. The van der Waals surface area contributed by atoms with E-state index >= 15 is 0 Å². The third-order valence-corrected chi connectivity index (χ3v) is 10.6. The second-order valence-electron chi connectivity index (χ2n) is 15.4. The molecule has 0 aliphatic carbocycles. The van der Waals surface area contributed by atoms with Crippen molar-refractivity contribution in [2.75, 3.05) is 39.6 Å². The maximum Gasteiger partial charge on any atom is 0.330 e. The fraction of sp³-hybridized carbons (Fsp3) is 0.400. The molecular weight excluding hydrogens is 817 g/mol. The Morgan fingerprint density at radius 2 is 0.953 bits per heavy atom. The van der Waals surface area contributed by atoms with E-state index in [2.05, 4.69) is 45.7 Å². The largest absolute Gasteiger partial charge is 0.494 e. The lowest BCUT2D eigenvalue weighted by molar-refractivity contribution is -0.341. The topological polar surface area (TPSA) is 157 Å². The second kappa shape index (κ2) is 26.5. The predicted octanol–water partition coefficient (Wildman–Crippen LogP) is 11.3. The van der Waals surface area contributed by atoms with Gasteiger partial charge in [-0.3, -0.25) is 0 Å². The van der Waals surface area contributed by atoms with Gasteiger partial charge in [-0.1, -0.05) is 37.4 Å². The number of esters is 2. The number of ether oxygens (including phenoxy) is 6. The van der Waals surface area contributed by atoms with Crippen LogP contribution in [0.1, 0.15) is 62.5 Å². The molecule has 0 N–H and O–H groups in total. The zero-order chi connectivity index (χ0) is 44.6. The van der Waals surface area contributed by atoms with Crippen LogP contribution in [0, 0.1) is 5.92 Å². The maximum atomic E-state index is 11.1. The van der Waals surface area contributed by atoms with Crippen LogP contribution in [-0.2, 0) is 51.3 Å². The van der Waals surface area contributed by atoms with Crippen molar-refractivity contribution in [1.82, 2.24) is 0 Å². The first-order valence-corrected chi connectivity index (χ1v) is 22.0. The summed E-state index contributed by atoms with van der Waals surface area (Å²) in [4.78, 5) is 33.6. The number of azo groups is 2. The van der Waals surface area contributed by atoms with Gasteiger partial charge in [0.2, 0.25) is 0 Å². The molecule has 64 heavy (non-hydrogen) atoms. The highest BCUT2D eigenvalue weighted by molar-refractivity contribution is 5.81. The van der Waals surface area contributed by atoms with E-state index in [1.54, 1.807) is 0 Å². The van der Waals surface area contributed by atoms with E-state index in [1.165, 1.54) is 17.7 Å². The highest BCUT2D eigenvalue weighted by Gasteiger charge is 2.48. The van der Waals surface area contributed by atoms with Crippen LogP contribution < -0.4 is 9.47 Å². The molecule has 6 rings (SSSR count). The molecule has 4 aromatic rings. The highest BCUT2D eigenvalue weighted by Crippen LogP contribution is 2.35. The number of rotatable bonds is 28. The zero-order valence-corrected chi connectivity index (χ0v) is 36.3. The van der Waals surface area contributed by atoms with E-state index in [0.717, 1.165) is 97.6 Å². The van der Waals surface area contributed by atoms with Crippen molar-refractivity contribution < 1.29 is 47.8 Å². The summed E-state index contributed by atoms with van der Waals surface area (Å²) in [7, 11) is 0. The Morgan fingerprint density at radius 3 is 1.42 bits per heavy atom. The Kier molecular flexibility index (Phi) is 19.7. The third-order valence-electron chi connectivity index (χ3n) is 10.6. The van der Waals surface area contributed by atoms with Gasteiger partial charge in [0.15, 0.2) is 0 Å². The molecule has 4 atom stereocenters. The quantitative estimate of drug-likeness (QED) is 0.0134. The van der Waals surface area contributed by atoms with Crippen molar-refractivity contribution in [1.29, 1.82) is 0 Å². The lowest BCUT2D eigenvalue weighted by Gasteiger charge is -2.16. The van der Waals surface area contributed by atoms with Crippen LogP contribution in [0.25, 0.3) is 0 Å². The number of fused-ring (bicyclic) bond motifs is 1. The molecule has 0 unspecified atom stereocenters. The van der Waals surface area contributed by atoms with Gasteiger partial charge in [-0.2, -0.15) is 20.5 Å². The van der Waals surface area contributed by atoms with Gasteiger partial charge in [0.25, 0.3) is 0 Å². The number of nitrogens with zero attached hydrogens (tertiary/aromatic N) is 4. The van der Waals surface area contributed by atoms with Crippen LogP contribution >= 0.6 is 0 Å². The predicted molar refractivity (Wildman–Crippen MR) is 241 cm³/mol. The van der Waals surface area contributed by atoms with Crippen LogP contribution in [0.15, 0.2) is 143 Å². The molecule has 0 radical (unpaired) electrons. The van der Waals surface area contributed by atoms with Gasteiger partial charge < -0.3 is 28.4 Å². The standard InChI is InChI=1S/C50H58N4O10/c1-3-47(55)59-31-11-7-5-9-29-57-44-25-21-42(22-26-44)53-51-40-17-13-37(14-18-40)33-39-35-61-50-46(36-62-49(39)50)64-63-34-38-15-19-41(20-16-38)52-54-43-23-27-45(28-24-43)58-30-10-6-8-12-32-60-48(56)4-2/h3-4,13-28,39,46,49-50H,1-2,5-12,29-36H2/t39-,46+,49-,50-/m1/s1. The monoisotopic (exact) mass is 874 g/mol. The Hall–Kier alpha value is -6.06. The summed E-state index contributed by atoms with van der Waals surface area (Å²) >= 11 is 0. The van der Waals surface area contributed by atoms with Crippen molar-refractivity contribution in [3.63, 3.8) is 0 Å². The normalized spacial score (nSPS) is 17.9. The number of carbonyl (C=O) groups excluding carboxylic acids is 2. The molecule has 0 spiro atoms. The fourth-order valence-corrected chi connectivity index (χ4v) is 7.06. The molecule has 14 heteroatoms. The van der Waals surface area contributed by atoms with E-state index < -0.39 is 0 Å². The van der Waals surface area contributed by atoms with Crippen LogP contribution in [0.3, 0.4) is 0 Å². The molecule has 2 heterocycles. The van der Waals surface area contributed by atoms with Gasteiger partial charge in [0.1, 0.15) is 30.3 Å². The Balaban J connectivity index is 0.825. The lowest BCUT2D eigenvalue weighted by Crippen LogP contribution is -2.31. The lowest BCUT2D eigenvalue weighted by atomic mass is 9.94. The molecule has 2 saturated heterocycles. The van der Waals surface area contributed by atoms with Crippen molar-refractivity contribution in [2.45, 2.75) is 82.7 Å². The van der Waals surface area contributed by atoms with E-state index in [0.29, 0.717) is 39.6 Å². The third kappa shape index (κ3) is 16.2. The van der Waals surface area contributed by atoms with Crippen LogP contribution in [-0.4, -0.2) is 69.9 Å². The summed E-state index contributed by atoms with van der Waals surface area (Å²) < 4.78 is 33.9. The van der Waals surface area contributed by atoms with Gasteiger partial charge >= 0.3 is 11.9 Å². The van der Waals surface area contributed by atoms with Crippen molar-refractivity contribution in [3.8, 4) is 11.5 Å². The van der Waals surface area contributed by atoms with Crippen LogP contribution in [0.2, 0.25) is 0 Å². The molecule has 2 aliphatic rings. The average molecular weight is 875 g/mol. The summed E-state index contributed by atoms with van der Waals surface area (Å²) in [5.74, 6) is 1.01. The Morgan fingerprint density at radius 1 is 0.531 bits per heavy atom. The minimum Gasteiger partial charge on any atom is -0.494 e. The van der Waals surface area contributed by atoms with Crippen LogP contribution in [0.5, 0.6) is 11.5 Å². The molecule has 14 nitrogen and oxygen atoms in total. The summed E-state index contributed by atoms with van der Waals surface area (Å²) in [6.07, 6.45) is 10.0. The van der Waals surface area contributed by atoms with Gasteiger partial charge in [0.05, 0.1) is 68.5 Å². The summed E-state index contributed by atoms with van der Waals surface area (Å²) in [5, 5.41) is 17.5. The first kappa shape index (κ1) is 47.4. The highest BCUT2D eigenvalue weighted by atomic mass is 17.2. The smallest absolute Gasteiger partial charge is 0.330 e. The number of hydrogen-bond donors (Lipinski definition) is 0. The average Bonchev–Trinajstić information content (AvgIpc) is 3.93. The molecule has 2 aliphatic heterocycles. The zero-order valence-electron chi connectivity index (χ0n) is 36.3. The molecule has 0 amide bonds. The summed E-state index contributed by atoms with van der Waals surface area (Å²) in [6.45, 7) is 10.1. The first-order chi connectivity index (χ1) is 31.4. The van der Waals surface area contributed by atoms with E-state index in [1.807, 2.05) is 84.9 Å². The van der Waals surface area contributed by atoms with Crippen molar-refractivity contribution in [2.24, 2.45) is 26.4 Å². The van der Waals surface area contributed by atoms with Gasteiger partial charge in [0, 0.05) is 18.1 Å².